The first-order valence-electron chi connectivity index (χ1n) is 10.0. The van der Waals surface area contributed by atoms with E-state index in [2.05, 4.69) is 52.3 Å². The molecule has 2 N–H and O–H groups in total. The van der Waals surface area contributed by atoms with Crippen molar-refractivity contribution in [1.29, 1.82) is 0 Å². The summed E-state index contributed by atoms with van der Waals surface area (Å²) in [4.78, 5) is 28.7. The second-order valence-electron chi connectivity index (χ2n) is 7.11. The lowest BCUT2D eigenvalue weighted by Gasteiger charge is -2.34. The number of amides is 2. The predicted molar refractivity (Wildman–Crippen MR) is 120 cm³/mol. The highest BCUT2D eigenvalue weighted by Crippen LogP contribution is 2.14. The summed E-state index contributed by atoms with van der Waals surface area (Å²) in [5.41, 5.74) is 0. The third kappa shape index (κ3) is 7.26. The molecule has 0 bridgehead atoms. The summed E-state index contributed by atoms with van der Waals surface area (Å²) in [6.45, 7) is 7.26. The number of rotatable bonds is 10. The molecule has 1 aliphatic rings. The molecule has 0 aromatic carbocycles. The van der Waals surface area contributed by atoms with Crippen molar-refractivity contribution in [3.8, 4) is 0 Å². The van der Waals surface area contributed by atoms with E-state index in [0.29, 0.717) is 33.9 Å². The Balaban J connectivity index is 1.21. The van der Waals surface area contributed by atoms with E-state index in [1.54, 1.807) is 24.3 Å². The number of hydrogen-bond acceptors (Lipinski definition) is 6. The van der Waals surface area contributed by atoms with Gasteiger partial charge in [-0.1, -0.05) is 0 Å². The van der Waals surface area contributed by atoms with Crippen LogP contribution in [0.15, 0.2) is 42.4 Å². The average molecular weight is 546 g/mol. The van der Waals surface area contributed by atoms with Crippen molar-refractivity contribution in [1.82, 2.24) is 20.4 Å². The van der Waals surface area contributed by atoms with Crippen molar-refractivity contribution in [2.45, 2.75) is 12.8 Å². The molecule has 2 aromatic rings. The summed E-state index contributed by atoms with van der Waals surface area (Å²) in [7, 11) is 0. The van der Waals surface area contributed by atoms with Crippen LogP contribution in [0.3, 0.4) is 0 Å². The average Bonchev–Trinajstić information content (AvgIpc) is 3.37. The Hall–Kier alpha value is -1.62. The fourth-order valence-corrected chi connectivity index (χ4v) is 3.91. The zero-order valence-corrected chi connectivity index (χ0v) is 19.8. The van der Waals surface area contributed by atoms with E-state index in [1.807, 2.05) is 0 Å². The summed E-state index contributed by atoms with van der Waals surface area (Å²) >= 11 is 6.39. The third-order valence-corrected chi connectivity index (χ3v) is 5.78. The highest BCUT2D eigenvalue weighted by atomic mass is 79.9. The van der Waals surface area contributed by atoms with Gasteiger partial charge in [-0.25, -0.2) is 0 Å². The van der Waals surface area contributed by atoms with Gasteiger partial charge < -0.3 is 29.3 Å². The summed E-state index contributed by atoms with van der Waals surface area (Å²) in [5, 5.41) is 5.77. The van der Waals surface area contributed by atoms with Crippen LogP contribution in [0.2, 0.25) is 0 Å². The standard InChI is InChI=1S/C20H26Br2N4O4/c21-17-5-3-15(29-17)19(27)23-7-1-9-25-11-13-26(14-12-25)10-2-8-24-20(28)16-4-6-18(22)30-16/h3-6H,1-2,7-14H2,(H,23,27)(H,24,28). The largest absolute Gasteiger partial charge is 0.444 e. The van der Waals surface area contributed by atoms with Crippen LogP contribution in [0.1, 0.15) is 34.0 Å². The van der Waals surface area contributed by atoms with Crippen molar-refractivity contribution in [2.75, 3.05) is 52.4 Å². The van der Waals surface area contributed by atoms with Crippen LogP contribution in [-0.4, -0.2) is 74.0 Å². The zero-order chi connectivity index (χ0) is 21.3. The van der Waals surface area contributed by atoms with Crippen molar-refractivity contribution >= 4 is 43.7 Å². The van der Waals surface area contributed by atoms with E-state index in [-0.39, 0.29) is 11.8 Å². The lowest BCUT2D eigenvalue weighted by Crippen LogP contribution is -2.47. The van der Waals surface area contributed by atoms with E-state index >= 15 is 0 Å². The van der Waals surface area contributed by atoms with E-state index in [1.165, 1.54) is 0 Å². The lowest BCUT2D eigenvalue weighted by molar-refractivity contribution is 0.0907. The second kappa shape index (κ2) is 11.7. The highest BCUT2D eigenvalue weighted by molar-refractivity contribution is 9.10. The summed E-state index contributed by atoms with van der Waals surface area (Å²) in [6, 6.07) is 6.72. The number of hydrogen-bond donors (Lipinski definition) is 2. The fraction of sp³-hybridized carbons (Fsp3) is 0.500. The van der Waals surface area contributed by atoms with Gasteiger partial charge in [-0.2, -0.15) is 0 Å². The quantitative estimate of drug-likeness (QED) is 0.446. The Labute approximate surface area is 192 Å². The van der Waals surface area contributed by atoms with Gasteiger partial charge in [-0.15, -0.1) is 0 Å². The molecule has 10 heteroatoms. The molecule has 8 nitrogen and oxygen atoms in total. The van der Waals surface area contributed by atoms with Gasteiger partial charge >= 0.3 is 0 Å². The van der Waals surface area contributed by atoms with Gasteiger partial charge in [-0.3, -0.25) is 9.59 Å². The molecule has 0 atom stereocenters. The van der Waals surface area contributed by atoms with Gasteiger partial charge in [0.2, 0.25) is 0 Å². The molecule has 3 rings (SSSR count). The fourth-order valence-electron chi connectivity index (χ4n) is 3.29. The Morgan fingerprint density at radius 3 is 1.50 bits per heavy atom. The molecule has 3 heterocycles. The van der Waals surface area contributed by atoms with E-state index in [0.717, 1.165) is 52.1 Å². The maximum Gasteiger partial charge on any atom is 0.287 e. The van der Waals surface area contributed by atoms with Gasteiger partial charge in [0.1, 0.15) is 0 Å². The van der Waals surface area contributed by atoms with E-state index in [9.17, 15) is 9.59 Å². The van der Waals surface area contributed by atoms with Crippen LogP contribution in [-0.2, 0) is 0 Å². The summed E-state index contributed by atoms with van der Waals surface area (Å²) in [5.74, 6) is 0.280. The Bertz CT molecular complexity index is 762. The van der Waals surface area contributed by atoms with Crippen molar-refractivity contribution in [3.05, 3.63) is 45.1 Å². The molecule has 30 heavy (non-hydrogen) atoms. The molecule has 0 aliphatic carbocycles. The second-order valence-corrected chi connectivity index (χ2v) is 8.67. The number of nitrogens with zero attached hydrogens (tertiary/aromatic N) is 2. The van der Waals surface area contributed by atoms with Gasteiger partial charge in [0.25, 0.3) is 11.8 Å². The van der Waals surface area contributed by atoms with Gasteiger partial charge in [-0.05, 0) is 82.1 Å². The van der Waals surface area contributed by atoms with E-state index < -0.39 is 0 Å². The van der Waals surface area contributed by atoms with Gasteiger partial charge in [0.15, 0.2) is 20.9 Å². The van der Waals surface area contributed by atoms with Crippen LogP contribution >= 0.6 is 31.9 Å². The first kappa shape index (κ1) is 23.1. The Kier molecular flexibility index (Phi) is 8.98. The molecule has 1 fully saturated rings. The number of piperazine rings is 1. The molecule has 0 saturated carbocycles. The molecular formula is C20H26Br2N4O4. The van der Waals surface area contributed by atoms with Crippen LogP contribution < -0.4 is 10.6 Å². The van der Waals surface area contributed by atoms with Crippen LogP contribution in [0.25, 0.3) is 0 Å². The normalized spacial score (nSPS) is 15.3. The first-order valence-corrected chi connectivity index (χ1v) is 11.6. The maximum atomic E-state index is 11.9. The van der Waals surface area contributed by atoms with Crippen molar-refractivity contribution in [3.63, 3.8) is 0 Å². The molecule has 0 spiro atoms. The zero-order valence-electron chi connectivity index (χ0n) is 16.7. The molecule has 164 valence electrons. The molecule has 1 aliphatic heterocycles. The monoisotopic (exact) mass is 544 g/mol. The SMILES string of the molecule is O=C(NCCCN1CCN(CCCNC(=O)c2ccc(Br)o2)CC1)c1ccc(Br)o1. The minimum atomic E-state index is -0.183. The molecule has 2 aromatic heterocycles. The lowest BCUT2D eigenvalue weighted by atomic mass is 10.2. The molecule has 0 unspecified atom stereocenters. The van der Waals surface area contributed by atoms with Crippen LogP contribution in [0, 0.1) is 0 Å². The predicted octanol–water partition coefficient (Wildman–Crippen LogP) is 2.96. The van der Waals surface area contributed by atoms with Gasteiger partial charge in [0.05, 0.1) is 0 Å². The van der Waals surface area contributed by atoms with Crippen LogP contribution in [0.5, 0.6) is 0 Å². The molecular weight excluding hydrogens is 520 g/mol. The number of carbonyl (C=O) groups is 2. The minimum Gasteiger partial charge on any atom is -0.444 e. The third-order valence-electron chi connectivity index (χ3n) is 4.93. The van der Waals surface area contributed by atoms with Crippen molar-refractivity contribution < 1.29 is 18.4 Å². The van der Waals surface area contributed by atoms with Crippen molar-refractivity contribution in [2.24, 2.45) is 0 Å². The summed E-state index contributed by atoms with van der Waals surface area (Å²) < 4.78 is 11.6. The number of nitrogens with one attached hydrogen (secondary N) is 2. The Morgan fingerprint density at radius 2 is 1.17 bits per heavy atom. The Morgan fingerprint density at radius 1 is 0.767 bits per heavy atom. The summed E-state index contributed by atoms with van der Waals surface area (Å²) in [6.07, 6.45) is 1.81. The smallest absolute Gasteiger partial charge is 0.287 e. The molecule has 1 saturated heterocycles. The van der Waals surface area contributed by atoms with E-state index in [4.69, 9.17) is 8.83 Å². The topological polar surface area (TPSA) is 91.0 Å². The van der Waals surface area contributed by atoms with Gasteiger partial charge in [0, 0.05) is 39.3 Å². The molecule has 2 amide bonds. The molecule has 0 radical (unpaired) electrons. The number of carbonyl (C=O) groups excluding carboxylic acids is 2. The number of halogens is 2. The minimum absolute atomic E-state index is 0.183. The maximum absolute atomic E-state index is 11.9. The van der Waals surface area contributed by atoms with Crippen LogP contribution in [0.4, 0.5) is 0 Å². The first-order chi connectivity index (χ1) is 14.5. The number of furan rings is 2. The highest BCUT2D eigenvalue weighted by Gasteiger charge is 2.17.